The zero-order valence-corrected chi connectivity index (χ0v) is 9.05. The minimum absolute atomic E-state index is 0. The van der Waals surface area contributed by atoms with Gasteiger partial charge in [-0.15, -0.1) is 12.4 Å². The van der Waals surface area contributed by atoms with Gasteiger partial charge >= 0.3 is 5.97 Å². The van der Waals surface area contributed by atoms with Crippen molar-refractivity contribution in [1.82, 2.24) is 0 Å². The minimum atomic E-state index is -0.836. The van der Waals surface area contributed by atoms with E-state index in [1.165, 1.54) is 25.7 Å². The summed E-state index contributed by atoms with van der Waals surface area (Å²) in [5.41, 5.74) is 6.23. The smallest absolute Gasteiger partial charge is 0.320 e. The molecule has 2 saturated carbocycles. The van der Waals surface area contributed by atoms with Crippen LogP contribution < -0.4 is 5.73 Å². The third-order valence-electron chi connectivity index (χ3n) is 3.84. The highest BCUT2D eigenvalue weighted by atomic mass is 35.5. The number of aliphatic carboxylic acids is 1. The zero-order chi connectivity index (χ0) is 9.47. The first-order valence-corrected chi connectivity index (χ1v) is 5.11. The molecule has 1 unspecified atom stereocenters. The molecule has 0 aromatic carbocycles. The molecule has 4 heteroatoms. The number of nitrogens with two attached hydrogens (primary N) is 1. The number of hydrogen-bond acceptors (Lipinski definition) is 2. The fourth-order valence-corrected chi connectivity index (χ4v) is 2.49. The summed E-state index contributed by atoms with van der Waals surface area (Å²) in [4.78, 5) is 10.7. The molecule has 2 aliphatic carbocycles. The Balaban J connectivity index is 0.000000980. The van der Waals surface area contributed by atoms with E-state index in [1.807, 2.05) is 0 Å². The summed E-state index contributed by atoms with van der Waals surface area (Å²) >= 11 is 0. The van der Waals surface area contributed by atoms with Crippen molar-refractivity contribution < 1.29 is 9.90 Å². The summed E-state index contributed by atoms with van der Waals surface area (Å²) in [7, 11) is 0. The summed E-state index contributed by atoms with van der Waals surface area (Å²) in [6.45, 7) is 0. The average molecular weight is 220 g/mol. The highest BCUT2D eigenvalue weighted by Gasteiger charge is 2.46. The predicted molar refractivity (Wildman–Crippen MR) is 56.5 cm³/mol. The molecule has 2 rings (SSSR count). The van der Waals surface area contributed by atoms with E-state index in [0.717, 1.165) is 12.8 Å². The molecule has 3 nitrogen and oxygen atoms in total. The molecule has 0 aromatic heterocycles. The lowest BCUT2D eigenvalue weighted by molar-refractivity contribution is -0.140. The molecule has 0 aliphatic heterocycles. The predicted octanol–water partition coefficient (Wildman–Crippen LogP) is 1.79. The normalized spacial score (nSPS) is 26.6. The second-order valence-electron chi connectivity index (χ2n) is 4.70. The Bertz CT molecular complexity index is 218. The quantitative estimate of drug-likeness (QED) is 0.745. The molecular weight excluding hydrogens is 202 g/mol. The van der Waals surface area contributed by atoms with E-state index in [2.05, 4.69) is 0 Å². The average Bonchev–Trinajstić information content (AvgIpc) is 2.85. The van der Waals surface area contributed by atoms with Gasteiger partial charge in [0.1, 0.15) is 6.04 Å². The molecular formula is C10H18ClNO2. The lowest BCUT2D eigenvalue weighted by atomic mass is 9.77. The van der Waals surface area contributed by atoms with Crippen molar-refractivity contribution in [2.45, 2.75) is 44.6 Å². The number of carboxylic acid groups (broad SMARTS) is 1. The Kier molecular flexibility index (Phi) is 3.43. The first kappa shape index (κ1) is 11.8. The molecule has 1 atom stereocenters. The third-order valence-corrected chi connectivity index (χ3v) is 3.84. The molecule has 82 valence electrons. The number of halogens is 1. The SMILES string of the molecule is Cl.NC(C(=O)O)C1CCC2(CC1)CC2. The van der Waals surface area contributed by atoms with Crippen LogP contribution in [0.2, 0.25) is 0 Å². The Hall–Kier alpha value is -0.280. The van der Waals surface area contributed by atoms with E-state index >= 15 is 0 Å². The molecule has 0 amide bonds. The molecule has 0 bridgehead atoms. The lowest BCUT2D eigenvalue weighted by Crippen LogP contribution is -2.39. The molecule has 0 radical (unpaired) electrons. The van der Waals surface area contributed by atoms with Gasteiger partial charge in [-0.05, 0) is 49.9 Å². The van der Waals surface area contributed by atoms with E-state index in [9.17, 15) is 4.79 Å². The monoisotopic (exact) mass is 219 g/mol. The minimum Gasteiger partial charge on any atom is -0.480 e. The van der Waals surface area contributed by atoms with Crippen molar-refractivity contribution in [2.24, 2.45) is 17.1 Å². The van der Waals surface area contributed by atoms with Crippen molar-refractivity contribution in [1.29, 1.82) is 0 Å². The van der Waals surface area contributed by atoms with Crippen LogP contribution in [0.3, 0.4) is 0 Å². The van der Waals surface area contributed by atoms with Crippen molar-refractivity contribution in [2.75, 3.05) is 0 Å². The Labute approximate surface area is 90.5 Å². The van der Waals surface area contributed by atoms with Crippen LogP contribution >= 0.6 is 12.4 Å². The molecule has 0 saturated heterocycles. The van der Waals surface area contributed by atoms with Crippen molar-refractivity contribution >= 4 is 18.4 Å². The van der Waals surface area contributed by atoms with Crippen LogP contribution in [-0.4, -0.2) is 17.1 Å². The van der Waals surface area contributed by atoms with E-state index < -0.39 is 12.0 Å². The Morgan fingerprint density at radius 1 is 1.29 bits per heavy atom. The largest absolute Gasteiger partial charge is 0.480 e. The molecule has 2 fully saturated rings. The van der Waals surface area contributed by atoms with Gasteiger partial charge in [-0.2, -0.15) is 0 Å². The summed E-state index contributed by atoms with van der Waals surface area (Å²) in [5.74, 6) is -0.611. The van der Waals surface area contributed by atoms with Crippen LogP contribution in [0.1, 0.15) is 38.5 Å². The second-order valence-corrected chi connectivity index (χ2v) is 4.70. The topological polar surface area (TPSA) is 63.3 Å². The van der Waals surface area contributed by atoms with Crippen LogP contribution in [0.15, 0.2) is 0 Å². The number of rotatable bonds is 2. The molecule has 3 N–H and O–H groups in total. The third kappa shape index (κ3) is 2.20. The van der Waals surface area contributed by atoms with Gasteiger partial charge in [0.05, 0.1) is 0 Å². The van der Waals surface area contributed by atoms with E-state index in [4.69, 9.17) is 10.8 Å². The van der Waals surface area contributed by atoms with E-state index in [-0.39, 0.29) is 18.3 Å². The van der Waals surface area contributed by atoms with Gasteiger partial charge in [-0.25, -0.2) is 0 Å². The maximum absolute atomic E-state index is 10.7. The van der Waals surface area contributed by atoms with Crippen LogP contribution in [-0.2, 0) is 4.79 Å². The summed E-state index contributed by atoms with van der Waals surface area (Å²) in [6.07, 6.45) is 7.18. The van der Waals surface area contributed by atoms with E-state index in [0.29, 0.717) is 5.41 Å². The summed E-state index contributed by atoms with van der Waals surface area (Å²) < 4.78 is 0. The van der Waals surface area contributed by atoms with Crippen LogP contribution in [0.5, 0.6) is 0 Å². The van der Waals surface area contributed by atoms with Gasteiger partial charge < -0.3 is 10.8 Å². The van der Waals surface area contributed by atoms with Crippen molar-refractivity contribution in [3.8, 4) is 0 Å². The highest BCUT2D eigenvalue weighted by Crippen LogP contribution is 2.57. The first-order chi connectivity index (χ1) is 6.13. The molecule has 2 aliphatic rings. The molecule has 0 aromatic rings. The first-order valence-electron chi connectivity index (χ1n) is 5.11. The molecule has 0 heterocycles. The summed E-state index contributed by atoms with van der Waals surface area (Å²) in [5, 5.41) is 8.75. The van der Waals surface area contributed by atoms with Crippen molar-refractivity contribution in [3.05, 3.63) is 0 Å². The number of carbonyl (C=O) groups is 1. The van der Waals surface area contributed by atoms with Crippen LogP contribution in [0.25, 0.3) is 0 Å². The maximum atomic E-state index is 10.7. The standard InChI is InChI=1S/C10H17NO2.ClH/c11-8(9(12)13)7-1-3-10(4-2-7)5-6-10;/h7-8H,1-6,11H2,(H,12,13);1H. The lowest BCUT2D eigenvalue weighted by Gasteiger charge is -2.30. The Morgan fingerprint density at radius 2 is 1.79 bits per heavy atom. The van der Waals surface area contributed by atoms with Crippen molar-refractivity contribution in [3.63, 3.8) is 0 Å². The van der Waals surface area contributed by atoms with Gasteiger partial charge in [-0.3, -0.25) is 4.79 Å². The van der Waals surface area contributed by atoms with Gasteiger partial charge in [0.25, 0.3) is 0 Å². The molecule has 14 heavy (non-hydrogen) atoms. The Morgan fingerprint density at radius 3 is 2.14 bits per heavy atom. The zero-order valence-electron chi connectivity index (χ0n) is 8.24. The second kappa shape index (κ2) is 4.07. The number of carboxylic acids is 1. The van der Waals surface area contributed by atoms with Gasteiger partial charge in [0.2, 0.25) is 0 Å². The van der Waals surface area contributed by atoms with Gasteiger partial charge in [0.15, 0.2) is 0 Å². The van der Waals surface area contributed by atoms with Crippen LogP contribution in [0.4, 0.5) is 0 Å². The fourth-order valence-electron chi connectivity index (χ4n) is 2.49. The highest BCUT2D eigenvalue weighted by molar-refractivity contribution is 5.85. The fraction of sp³-hybridized carbons (Fsp3) is 0.900. The summed E-state index contributed by atoms with van der Waals surface area (Å²) in [6, 6.07) is -0.629. The van der Waals surface area contributed by atoms with Gasteiger partial charge in [0, 0.05) is 0 Å². The van der Waals surface area contributed by atoms with Gasteiger partial charge in [-0.1, -0.05) is 0 Å². The maximum Gasteiger partial charge on any atom is 0.320 e. The van der Waals surface area contributed by atoms with Crippen LogP contribution in [0, 0.1) is 11.3 Å². The number of hydrogen-bond donors (Lipinski definition) is 2. The molecule has 1 spiro atoms. The van der Waals surface area contributed by atoms with E-state index in [1.54, 1.807) is 0 Å².